The Hall–Kier alpha value is -1.08. The Kier molecular flexibility index (Phi) is 26.9. The van der Waals surface area contributed by atoms with E-state index in [9.17, 15) is 0 Å². The summed E-state index contributed by atoms with van der Waals surface area (Å²) in [5, 5.41) is 3.69. The quantitative estimate of drug-likeness (QED) is 0.0672. The molecule has 0 aromatic carbocycles. The monoisotopic (exact) mass is 568 g/mol. The van der Waals surface area contributed by atoms with E-state index in [0.29, 0.717) is 5.41 Å². The average molecular weight is 568 g/mol. The summed E-state index contributed by atoms with van der Waals surface area (Å²) in [6.07, 6.45) is 54.3. The molecule has 1 nitrogen and oxygen atoms in total. The van der Waals surface area contributed by atoms with Gasteiger partial charge in [0.15, 0.2) is 0 Å². The molecule has 1 unspecified atom stereocenters. The van der Waals surface area contributed by atoms with E-state index in [4.69, 9.17) is 0 Å². The van der Waals surface area contributed by atoms with Crippen molar-refractivity contribution in [3.63, 3.8) is 0 Å². The molecule has 0 bridgehead atoms. The lowest BCUT2D eigenvalue weighted by Gasteiger charge is -2.50. The van der Waals surface area contributed by atoms with Crippen molar-refractivity contribution >= 4 is 0 Å². The highest BCUT2D eigenvalue weighted by Gasteiger charge is 2.42. The lowest BCUT2D eigenvalue weighted by molar-refractivity contribution is 0.0647. The molecule has 1 aliphatic rings. The Morgan fingerprint density at radius 3 is 1.12 bits per heavy atom. The fraction of sp³-hybridized carbons (Fsp3) is 0.800. The maximum absolute atomic E-state index is 3.69. The number of unbranched alkanes of at least 4 members (excludes halogenated alkanes) is 18. The van der Waals surface area contributed by atoms with Crippen molar-refractivity contribution in [3.8, 4) is 0 Å². The van der Waals surface area contributed by atoms with E-state index in [1.807, 2.05) is 0 Å². The first kappa shape index (κ1) is 37.9. The molecule has 0 aliphatic carbocycles. The van der Waals surface area contributed by atoms with Crippen LogP contribution in [0.3, 0.4) is 0 Å². The van der Waals surface area contributed by atoms with E-state index < -0.39 is 0 Å². The Morgan fingerprint density at radius 2 is 0.805 bits per heavy atom. The van der Waals surface area contributed by atoms with Crippen LogP contribution in [0.1, 0.15) is 188 Å². The van der Waals surface area contributed by atoms with Gasteiger partial charge in [0.1, 0.15) is 0 Å². The summed E-state index contributed by atoms with van der Waals surface area (Å²) < 4.78 is 0. The third kappa shape index (κ3) is 22.2. The van der Waals surface area contributed by atoms with Gasteiger partial charge < -0.3 is 5.32 Å². The first-order chi connectivity index (χ1) is 20.2. The molecule has 41 heavy (non-hydrogen) atoms. The summed E-state index contributed by atoms with van der Waals surface area (Å²) >= 11 is 0. The summed E-state index contributed by atoms with van der Waals surface area (Å²) in [4.78, 5) is 0. The second-order valence-electron chi connectivity index (χ2n) is 13.1. The average Bonchev–Trinajstić information content (AvgIpc) is 2.98. The molecule has 0 radical (unpaired) electrons. The minimum Gasteiger partial charge on any atom is -0.313 e. The van der Waals surface area contributed by atoms with Gasteiger partial charge in [-0.05, 0) is 89.4 Å². The molecule has 1 rings (SSSR count). The van der Waals surface area contributed by atoms with Crippen LogP contribution < -0.4 is 5.32 Å². The second-order valence-corrected chi connectivity index (χ2v) is 13.1. The zero-order valence-electron chi connectivity index (χ0n) is 28.3. The highest BCUT2D eigenvalue weighted by Crippen LogP contribution is 2.40. The third-order valence-electron chi connectivity index (χ3n) is 9.43. The zero-order valence-corrected chi connectivity index (χ0v) is 28.3. The molecule has 1 atom stereocenters. The van der Waals surface area contributed by atoms with Gasteiger partial charge in [-0.2, -0.15) is 0 Å². The molecule has 1 fully saturated rings. The van der Waals surface area contributed by atoms with Crippen LogP contribution in [0.2, 0.25) is 0 Å². The summed E-state index contributed by atoms with van der Waals surface area (Å²) in [5.41, 5.74) is 0.616. The standard InChI is InChI=1S/C40H73N/c1-4-6-8-10-12-14-16-18-20-22-24-26-28-30-32-34-36-40(38-41-39(40)3)37-35-33-31-29-27-25-23-21-19-17-15-13-11-9-7-5-2/h12-15,18-21,39,41H,4-11,16-17,22-38H2,1-3H3/b14-12-,15-13-,20-18-,21-19-. The van der Waals surface area contributed by atoms with Gasteiger partial charge in [0, 0.05) is 12.6 Å². The number of allylic oxidation sites excluding steroid dienone is 8. The third-order valence-corrected chi connectivity index (χ3v) is 9.43. The van der Waals surface area contributed by atoms with Crippen molar-refractivity contribution in [2.75, 3.05) is 6.54 Å². The zero-order chi connectivity index (χ0) is 29.5. The van der Waals surface area contributed by atoms with Gasteiger partial charge in [-0.1, -0.05) is 152 Å². The fourth-order valence-electron chi connectivity index (χ4n) is 6.26. The van der Waals surface area contributed by atoms with Gasteiger partial charge in [-0.15, -0.1) is 0 Å². The predicted molar refractivity (Wildman–Crippen MR) is 188 cm³/mol. The number of rotatable bonds is 30. The summed E-state index contributed by atoms with van der Waals surface area (Å²) in [7, 11) is 0. The number of hydrogen-bond donors (Lipinski definition) is 1. The summed E-state index contributed by atoms with van der Waals surface area (Å²) in [5.74, 6) is 0. The Bertz CT molecular complexity index is 606. The van der Waals surface area contributed by atoms with Crippen molar-refractivity contribution in [1.29, 1.82) is 0 Å². The van der Waals surface area contributed by atoms with E-state index in [1.54, 1.807) is 0 Å². The van der Waals surface area contributed by atoms with Gasteiger partial charge >= 0.3 is 0 Å². The van der Waals surface area contributed by atoms with Crippen LogP contribution in [0.5, 0.6) is 0 Å². The highest BCUT2D eigenvalue weighted by molar-refractivity contribution is 4.99. The summed E-state index contributed by atoms with van der Waals surface area (Å²) in [6.45, 7) is 8.26. The van der Waals surface area contributed by atoms with Crippen LogP contribution in [0.15, 0.2) is 48.6 Å². The van der Waals surface area contributed by atoms with Gasteiger partial charge in [0.05, 0.1) is 0 Å². The van der Waals surface area contributed by atoms with Crippen molar-refractivity contribution in [3.05, 3.63) is 48.6 Å². The molecule has 238 valence electrons. The Balaban J connectivity index is 1.93. The Morgan fingerprint density at radius 1 is 0.463 bits per heavy atom. The minimum atomic E-state index is 0.616. The van der Waals surface area contributed by atoms with Gasteiger partial charge in [0.25, 0.3) is 0 Å². The van der Waals surface area contributed by atoms with Crippen LogP contribution in [-0.2, 0) is 0 Å². The maximum Gasteiger partial charge on any atom is 0.0108 e. The van der Waals surface area contributed by atoms with Crippen LogP contribution in [-0.4, -0.2) is 12.6 Å². The molecule has 1 heterocycles. The van der Waals surface area contributed by atoms with Crippen molar-refractivity contribution < 1.29 is 0 Å². The second kappa shape index (κ2) is 29.0. The van der Waals surface area contributed by atoms with E-state index in [0.717, 1.165) is 18.9 Å². The van der Waals surface area contributed by atoms with E-state index >= 15 is 0 Å². The molecule has 0 spiro atoms. The van der Waals surface area contributed by atoms with Gasteiger partial charge in [-0.25, -0.2) is 0 Å². The van der Waals surface area contributed by atoms with Crippen molar-refractivity contribution in [1.82, 2.24) is 5.32 Å². The molecule has 0 saturated carbocycles. The Labute approximate surface area is 259 Å². The SMILES string of the molecule is CCCCC/C=C\C/C=C\CCCCCCCCC1(CCCCCCCC/C=C\C/C=C\CCCCC)CNC1C. The van der Waals surface area contributed by atoms with Crippen LogP contribution in [0.25, 0.3) is 0 Å². The number of nitrogens with one attached hydrogen (secondary N) is 1. The molecular weight excluding hydrogens is 494 g/mol. The molecule has 0 amide bonds. The van der Waals surface area contributed by atoms with E-state index in [2.05, 4.69) is 74.7 Å². The van der Waals surface area contributed by atoms with Crippen molar-refractivity contribution in [2.45, 2.75) is 194 Å². The smallest absolute Gasteiger partial charge is 0.0108 e. The normalized spacial score (nSPS) is 17.1. The lowest BCUT2D eigenvalue weighted by atomic mass is 9.67. The van der Waals surface area contributed by atoms with E-state index in [-0.39, 0.29) is 0 Å². The molecule has 0 aromatic heterocycles. The molecule has 0 aromatic rings. The van der Waals surface area contributed by atoms with E-state index in [1.165, 1.54) is 161 Å². The predicted octanol–water partition coefficient (Wildman–Crippen LogP) is 13.4. The summed E-state index contributed by atoms with van der Waals surface area (Å²) in [6, 6.07) is 0.735. The fourth-order valence-corrected chi connectivity index (χ4v) is 6.26. The molecule has 1 heteroatoms. The van der Waals surface area contributed by atoms with Crippen LogP contribution in [0, 0.1) is 5.41 Å². The van der Waals surface area contributed by atoms with Crippen molar-refractivity contribution in [2.24, 2.45) is 5.41 Å². The first-order valence-corrected chi connectivity index (χ1v) is 18.6. The van der Waals surface area contributed by atoms with Gasteiger partial charge in [0.2, 0.25) is 0 Å². The topological polar surface area (TPSA) is 12.0 Å². The van der Waals surface area contributed by atoms with Gasteiger partial charge in [-0.3, -0.25) is 0 Å². The number of hydrogen-bond acceptors (Lipinski definition) is 1. The van der Waals surface area contributed by atoms with Crippen LogP contribution in [0.4, 0.5) is 0 Å². The largest absolute Gasteiger partial charge is 0.313 e. The molecular formula is C40H73N. The molecule has 1 N–H and O–H groups in total. The highest BCUT2D eigenvalue weighted by atomic mass is 15.0. The maximum atomic E-state index is 3.69. The first-order valence-electron chi connectivity index (χ1n) is 18.6. The molecule has 1 saturated heterocycles. The lowest BCUT2D eigenvalue weighted by Crippen LogP contribution is -2.60. The minimum absolute atomic E-state index is 0.616. The molecule has 1 aliphatic heterocycles. The van der Waals surface area contributed by atoms with Crippen LogP contribution >= 0.6 is 0 Å².